The van der Waals surface area contributed by atoms with Gasteiger partial charge in [0.15, 0.2) is 0 Å². The number of piperidine rings is 1. The smallest absolute Gasteiger partial charge is 0.219 e. The molecule has 0 N–H and O–H groups in total. The van der Waals surface area contributed by atoms with E-state index in [0.717, 1.165) is 19.3 Å². The first kappa shape index (κ1) is 12.7. The molecule has 2 nitrogen and oxygen atoms in total. The van der Waals surface area contributed by atoms with Crippen molar-refractivity contribution >= 4 is 5.91 Å². The molecule has 19 heavy (non-hydrogen) atoms. The molecule has 2 aliphatic rings. The van der Waals surface area contributed by atoms with Gasteiger partial charge in [0.1, 0.15) is 0 Å². The highest BCUT2D eigenvalue weighted by atomic mass is 16.2. The van der Waals surface area contributed by atoms with E-state index in [2.05, 4.69) is 36.1 Å². The van der Waals surface area contributed by atoms with Gasteiger partial charge in [-0.3, -0.25) is 4.79 Å². The van der Waals surface area contributed by atoms with Gasteiger partial charge in [0.05, 0.1) is 0 Å². The number of hydrogen-bond donors (Lipinski definition) is 0. The van der Waals surface area contributed by atoms with Crippen LogP contribution >= 0.6 is 0 Å². The van der Waals surface area contributed by atoms with Crippen LogP contribution < -0.4 is 0 Å². The maximum atomic E-state index is 11.7. The Labute approximate surface area is 115 Å². The molecule has 0 aromatic heterocycles. The third kappa shape index (κ3) is 2.29. The van der Waals surface area contributed by atoms with Crippen molar-refractivity contribution in [3.63, 3.8) is 0 Å². The number of amides is 1. The summed E-state index contributed by atoms with van der Waals surface area (Å²) in [5, 5.41) is 0. The van der Waals surface area contributed by atoms with Crippen LogP contribution in [0.25, 0.3) is 0 Å². The molecular weight excluding hydrogens is 234 g/mol. The van der Waals surface area contributed by atoms with Gasteiger partial charge in [0.2, 0.25) is 5.91 Å². The van der Waals surface area contributed by atoms with E-state index in [9.17, 15) is 4.79 Å². The molecule has 0 radical (unpaired) electrons. The molecule has 2 bridgehead atoms. The van der Waals surface area contributed by atoms with E-state index in [4.69, 9.17) is 0 Å². The van der Waals surface area contributed by atoms with Crippen LogP contribution in [0.5, 0.6) is 0 Å². The van der Waals surface area contributed by atoms with Crippen LogP contribution in [0, 0.1) is 0 Å². The summed E-state index contributed by atoms with van der Waals surface area (Å²) in [6, 6.07) is 10.1. The topological polar surface area (TPSA) is 20.3 Å². The van der Waals surface area contributed by atoms with Gasteiger partial charge in [0, 0.05) is 19.0 Å². The minimum absolute atomic E-state index is 0.271. The van der Waals surface area contributed by atoms with Gasteiger partial charge in [-0.1, -0.05) is 31.2 Å². The maximum absolute atomic E-state index is 11.7. The van der Waals surface area contributed by atoms with E-state index in [1.807, 2.05) is 0 Å². The zero-order valence-electron chi connectivity index (χ0n) is 11.9. The van der Waals surface area contributed by atoms with E-state index < -0.39 is 0 Å². The van der Waals surface area contributed by atoms with Gasteiger partial charge in [-0.15, -0.1) is 0 Å². The second kappa shape index (κ2) is 4.99. The van der Waals surface area contributed by atoms with Crippen molar-refractivity contribution < 1.29 is 4.79 Å². The largest absolute Gasteiger partial charge is 0.337 e. The van der Waals surface area contributed by atoms with Crippen LogP contribution in [-0.4, -0.2) is 22.9 Å². The third-order valence-corrected chi connectivity index (χ3v) is 4.96. The van der Waals surface area contributed by atoms with E-state index in [1.54, 1.807) is 6.92 Å². The van der Waals surface area contributed by atoms with Crippen LogP contribution in [0.3, 0.4) is 0 Å². The lowest BCUT2D eigenvalue weighted by atomic mass is 9.84. The quantitative estimate of drug-likeness (QED) is 0.794. The molecule has 2 atom stereocenters. The fraction of sp³-hybridized carbons (Fsp3) is 0.588. The Balaban J connectivity index is 1.76. The first-order valence-corrected chi connectivity index (χ1v) is 7.56. The second-order valence-electron chi connectivity index (χ2n) is 6.07. The summed E-state index contributed by atoms with van der Waals surface area (Å²) in [5.74, 6) is 0.922. The Morgan fingerprint density at radius 1 is 1.16 bits per heavy atom. The predicted octanol–water partition coefficient (Wildman–Crippen LogP) is 3.51. The minimum atomic E-state index is 0.271. The number of fused-ring (bicyclic) bond motifs is 2. The fourth-order valence-electron chi connectivity index (χ4n) is 3.99. The summed E-state index contributed by atoms with van der Waals surface area (Å²) in [6.45, 7) is 3.92. The van der Waals surface area contributed by atoms with Crippen molar-refractivity contribution in [1.29, 1.82) is 0 Å². The number of benzene rings is 1. The highest BCUT2D eigenvalue weighted by Crippen LogP contribution is 2.43. The molecule has 2 unspecified atom stereocenters. The van der Waals surface area contributed by atoms with Crippen LogP contribution in [0.1, 0.15) is 56.6 Å². The molecule has 0 saturated carbocycles. The van der Waals surface area contributed by atoms with E-state index in [0.29, 0.717) is 18.0 Å². The van der Waals surface area contributed by atoms with Crippen molar-refractivity contribution in [1.82, 2.24) is 4.90 Å². The summed E-state index contributed by atoms with van der Waals surface area (Å²) < 4.78 is 0. The predicted molar refractivity (Wildman–Crippen MR) is 77.1 cm³/mol. The summed E-state index contributed by atoms with van der Waals surface area (Å²) in [4.78, 5) is 13.9. The Morgan fingerprint density at radius 3 is 2.21 bits per heavy atom. The molecule has 1 aromatic carbocycles. The van der Waals surface area contributed by atoms with E-state index >= 15 is 0 Å². The van der Waals surface area contributed by atoms with Gasteiger partial charge in [-0.05, 0) is 49.1 Å². The van der Waals surface area contributed by atoms with Crippen LogP contribution in [0.2, 0.25) is 0 Å². The van der Waals surface area contributed by atoms with E-state index in [-0.39, 0.29) is 5.91 Å². The van der Waals surface area contributed by atoms with Crippen molar-refractivity contribution in [2.45, 2.75) is 64.0 Å². The molecule has 0 spiro atoms. The Bertz CT molecular complexity index is 451. The summed E-state index contributed by atoms with van der Waals surface area (Å²) in [6.07, 6.45) is 5.82. The molecule has 1 aromatic rings. The zero-order chi connectivity index (χ0) is 13.4. The number of aryl methyl sites for hydroxylation is 1. The van der Waals surface area contributed by atoms with E-state index in [1.165, 1.54) is 24.0 Å². The third-order valence-electron chi connectivity index (χ3n) is 4.96. The molecule has 2 heteroatoms. The number of hydrogen-bond acceptors (Lipinski definition) is 1. The van der Waals surface area contributed by atoms with Crippen molar-refractivity contribution in [2.24, 2.45) is 0 Å². The molecule has 3 rings (SSSR count). The number of carbonyl (C=O) groups excluding carboxylic acids is 1. The summed E-state index contributed by atoms with van der Waals surface area (Å²) in [5.41, 5.74) is 2.88. The maximum Gasteiger partial charge on any atom is 0.219 e. The highest BCUT2D eigenvalue weighted by molar-refractivity contribution is 5.74. The average Bonchev–Trinajstić information content (AvgIpc) is 2.70. The van der Waals surface area contributed by atoms with Crippen LogP contribution in [0.4, 0.5) is 0 Å². The van der Waals surface area contributed by atoms with Crippen LogP contribution in [-0.2, 0) is 11.2 Å². The number of carbonyl (C=O) groups is 1. The standard InChI is InChI=1S/C17H23NO/c1-3-13-4-6-14(7-5-13)15-10-16-8-9-17(11-15)18(16)12(2)19/h4-7,15-17H,3,8-11H2,1-2H3. The monoisotopic (exact) mass is 257 g/mol. The van der Waals surface area contributed by atoms with Crippen molar-refractivity contribution in [2.75, 3.05) is 0 Å². The number of rotatable bonds is 2. The Hall–Kier alpha value is -1.31. The Kier molecular flexibility index (Phi) is 3.34. The summed E-state index contributed by atoms with van der Waals surface area (Å²) in [7, 11) is 0. The SMILES string of the molecule is CCc1ccc(C2CC3CCC(C2)N3C(C)=O)cc1. The molecular formula is C17H23NO. The van der Waals surface area contributed by atoms with Crippen LogP contribution in [0.15, 0.2) is 24.3 Å². The minimum Gasteiger partial charge on any atom is -0.337 e. The molecule has 0 aliphatic carbocycles. The van der Waals surface area contributed by atoms with Gasteiger partial charge >= 0.3 is 0 Å². The Morgan fingerprint density at radius 2 is 1.74 bits per heavy atom. The number of nitrogens with zero attached hydrogens (tertiary/aromatic N) is 1. The van der Waals surface area contributed by atoms with Gasteiger partial charge < -0.3 is 4.90 Å². The fourth-order valence-corrected chi connectivity index (χ4v) is 3.99. The van der Waals surface area contributed by atoms with Gasteiger partial charge in [-0.25, -0.2) is 0 Å². The molecule has 1 amide bonds. The molecule has 2 fully saturated rings. The lowest BCUT2D eigenvalue weighted by Crippen LogP contribution is -2.44. The first-order valence-electron chi connectivity index (χ1n) is 7.56. The summed E-state index contributed by atoms with van der Waals surface area (Å²) >= 11 is 0. The first-order chi connectivity index (χ1) is 9.19. The molecule has 2 saturated heterocycles. The van der Waals surface area contributed by atoms with Gasteiger partial charge in [0.25, 0.3) is 0 Å². The zero-order valence-corrected chi connectivity index (χ0v) is 11.9. The normalized spacial score (nSPS) is 29.6. The second-order valence-corrected chi connectivity index (χ2v) is 6.07. The average molecular weight is 257 g/mol. The molecule has 102 valence electrons. The lowest BCUT2D eigenvalue weighted by Gasteiger charge is -2.38. The highest BCUT2D eigenvalue weighted by Gasteiger charge is 2.42. The lowest BCUT2D eigenvalue weighted by molar-refractivity contribution is -0.133. The van der Waals surface area contributed by atoms with Crippen molar-refractivity contribution in [3.8, 4) is 0 Å². The molecule has 2 aliphatic heterocycles. The van der Waals surface area contributed by atoms with Crippen molar-refractivity contribution in [3.05, 3.63) is 35.4 Å². The van der Waals surface area contributed by atoms with Gasteiger partial charge in [-0.2, -0.15) is 0 Å². The molecule has 2 heterocycles.